The van der Waals surface area contributed by atoms with Crippen molar-refractivity contribution in [3.63, 3.8) is 0 Å². The summed E-state index contributed by atoms with van der Waals surface area (Å²) < 4.78 is 32.3. The molecule has 0 amide bonds. The van der Waals surface area contributed by atoms with E-state index in [1.807, 2.05) is 0 Å². The highest BCUT2D eigenvalue weighted by atomic mass is 32.2. The predicted molar refractivity (Wildman–Crippen MR) is 64.0 cm³/mol. The molecule has 3 N–H and O–H groups in total. The summed E-state index contributed by atoms with van der Waals surface area (Å²) in [5.74, 6) is 1.49. The summed E-state index contributed by atoms with van der Waals surface area (Å²) in [5.41, 5.74) is 6.15. The Balaban J connectivity index is 2.30. The van der Waals surface area contributed by atoms with Gasteiger partial charge in [0.2, 0.25) is 10.0 Å². The molecule has 0 unspecified atom stereocenters. The molecule has 1 aromatic rings. The second kappa shape index (κ2) is 4.44. The molecule has 0 atom stereocenters. The Bertz CT molecular complexity index is 515. The van der Waals surface area contributed by atoms with Gasteiger partial charge in [-0.1, -0.05) is 0 Å². The SMILES string of the molecule is Cc1oc(C)c(S(=O)(=O)NCC2CC2)c1CN. The van der Waals surface area contributed by atoms with Crippen molar-refractivity contribution in [2.75, 3.05) is 6.54 Å². The van der Waals surface area contributed by atoms with Crippen LogP contribution >= 0.6 is 0 Å². The molecule has 1 aliphatic carbocycles. The van der Waals surface area contributed by atoms with E-state index in [-0.39, 0.29) is 11.4 Å². The highest BCUT2D eigenvalue weighted by Gasteiger charge is 2.29. The van der Waals surface area contributed by atoms with Crippen molar-refractivity contribution in [3.8, 4) is 0 Å². The molecule has 96 valence electrons. The van der Waals surface area contributed by atoms with Gasteiger partial charge >= 0.3 is 0 Å². The molecule has 1 aliphatic rings. The van der Waals surface area contributed by atoms with Crippen molar-refractivity contribution in [1.29, 1.82) is 0 Å². The van der Waals surface area contributed by atoms with Crippen molar-refractivity contribution in [3.05, 3.63) is 17.1 Å². The average Bonchev–Trinajstić information content (AvgIpc) is 3.01. The molecule has 5 nitrogen and oxygen atoms in total. The normalized spacial score (nSPS) is 16.4. The highest BCUT2D eigenvalue weighted by Crippen LogP contribution is 2.30. The van der Waals surface area contributed by atoms with Crippen molar-refractivity contribution >= 4 is 10.0 Å². The zero-order valence-electron chi connectivity index (χ0n) is 10.1. The minimum absolute atomic E-state index is 0.169. The summed E-state index contributed by atoms with van der Waals surface area (Å²) in [6.07, 6.45) is 2.21. The van der Waals surface area contributed by atoms with Gasteiger partial charge in [0.25, 0.3) is 0 Å². The Morgan fingerprint density at radius 3 is 2.53 bits per heavy atom. The van der Waals surface area contributed by atoms with Crippen LogP contribution in [-0.2, 0) is 16.6 Å². The van der Waals surface area contributed by atoms with Gasteiger partial charge in [0.15, 0.2) is 0 Å². The summed E-state index contributed by atoms with van der Waals surface area (Å²) >= 11 is 0. The third-order valence-corrected chi connectivity index (χ3v) is 4.67. The lowest BCUT2D eigenvalue weighted by Crippen LogP contribution is -2.27. The first-order valence-corrected chi connectivity index (χ1v) is 7.22. The monoisotopic (exact) mass is 258 g/mol. The third kappa shape index (κ3) is 2.53. The number of sulfonamides is 1. The maximum atomic E-state index is 12.2. The Kier molecular flexibility index (Phi) is 3.29. The quantitative estimate of drug-likeness (QED) is 0.826. The van der Waals surface area contributed by atoms with Gasteiger partial charge in [-0.25, -0.2) is 13.1 Å². The maximum absolute atomic E-state index is 12.2. The lowest BCUT2D eigenvalue weighted by atomic mass is 10.2. The fourth-order valence-electron chi connectivity index (χ4n) is 1.92. The van der Waals surface area contributed by atoms with Crippen LogP contribution in [0.4, 0.5) is 0 Å². The number of furan rings is 1. The summed E-state index contributed by atoms with van der Waals surface area (Å²) in [6.45, 7) is 4.06. The summed E-state index contributed by atoms with van der Waals surface area (Å²) in [4.78, 5) is 0.221. The van der Waals surface area contributed by atoms with Crippen LogP contribution in [0.2, 0.25) is 0 Å². The van der Waals surface area contributed by atoms with Gasteiger partial charge in [0.1, 0.15) is 16.4 Å². The van der Waals surface area contributed by atoms with E-state index in [1.54, 1.807) is 13.8 Å². The second-order valence-electron chi connectivity index (χ2n) is 4.52. The standard InChI is InChI=1S/C11H18N2O3S/c1-7-10(5-12)11(8(2)16-7)17(14,15)13-6-9-3-4-9/h9,13H,3-6,12H2,1-2H3. The molecule has 1 fully saturated rings. The van der Waals surface area contributed by atoms with Crippen LogP contribution in [0.15, 0.2) is 9.31 Å². The van der Waals surface area contributed by atoms with E-state index >= 15 is 0 Å². The number of hydrogen-bond acceptors (Lipinski definition) is 4. The minimum Gasteiger partial charge on any atom is -0.465 e. The van der Waals surface area contributed by atoms with E-state index in [9.17, 15) is 8.42 Å². The van der Waals surface area contributed by atoms with Crippen LogP contribution in [0.5, 0.6) is 0 Å². The van der Waals surface area contributed by atoms with Gasteiger partial charge < -0.3 is 10.2 Å². The van der Waals surface area contributed by atoms with Gasteiger partial charge in [-0.05, 0) is 32.6 Å². The summed E-state index contributed by atoms with van der Waals surface area (Å²) in [7, 11) is -3.49. The Morgan fingerprint density at radius 1 is 1.35 bits per heavy atom. The molecule has 1 saturated carbocycles. The molecule has 6 heteroatoms. The molecule has 0 bridgehead atoms. The Hall–Kier alpha value is -0.850. The molecule has 2 rings (SSSR count). The molecule has 1 aromatic heterocycles. The number of hydrogen-bond donors (Lipinski definition) is 2. The summed E-state index contributed by atoms with van der Waals surface area (Å²) in [5, 5.41) is 0. The van der Waals surface area contributed by atoms with E-state index in [0.717, 1.165) is 12.8 Å². The maximum Gasteiger partial charge on any atom is 0.244 e. The Morgan fingerprint density at radius 2 is 2.00 bits per heavy atom. The van der Waals surface area contributed by atoms with Crippen LogP contribution in [0.1, 0.15) is 29.9 Å². The van der Waals surface area contributed by atoms with E-state index in [2.05, 4.69) is 4.72 Å². The molecule has 0 saturated heterocycles. The molecule has 0 spiro atoms. The molecule has 17 heavy (non-hydrogen) atoms. The van der Waals surface area contributed by atoms with Gasteiger partial charge in [-0.15, -0.1) is 0 Å². The van der Waals surface area contributed by atoms with Gasteiger partial charge in [0, 0.05) is 18.7 Å². The van der Waals surface area contributed by atoms with Crippen molar-refractivity contribution < 1.29 is 12.8 Å². The van der Waals surface area contributed by atoms with Crippen LogP contribution in [0.25, 0.3) is 0 Å². The fourth-order valence-corrected chi connectivity index (χ4v) is 3.49. The lowest BCUT2D eigenvalue weighted by molar-refractivity contribution is 0.494. The topological polar surface area (TPSA) is 85.3 Å². The zero-order valence-corrected chi connectivity index (χ0v) is 10.9. The molecule has 0 aromatic carbocycles. The van der Waals surface area contributed by atoms with E-state index in [1.165, 1.54) is 0 Å². The van der Waals surface area contributed by atoms with Gasteiger partial charge in [0.05, 0.1) is 0 Å². The lowest BCUT2D eigenvalue weighted by Gasteiger charge is -2.06. The van der Waals surface area contributed by atoms with Crippen LogP contribution in [-0.4, -0.2) is 15.0 Å². The molecular weight excluding hydrogens is 240 g/mol. The van der Waals surface area contributed by atoms with E-state index in [4.69, 9.17) is 10.2 Å². The van der Waals surface area contributed by atoms with Crippen LogP contribution < -0.4 is 10.5 Å². The summed E-state index contributed by atoms with van der Waals surface area (Å²) in [6, 6.07) is 0. The van der Waals surface area contributed by atoms with Crippen LogP contribution in [0.3, 0.4) is 0 Å². The predicted octanol–water partition coefficient (Wildman–Crippen LogP) is 1.04. The zero-order chi connectivity index (χ0) is 12.6. The smallest absolute Gasteiger partial charge is 0.244 e. The molecule has 1 heterocycles. The van der Waals surface area contributed by atoms with Gasteiger partial charge in [-0.3, -0.25) is 0 Å². The van der Waals surface area contributed by atoms with Crippen molar-refractivity contribution in [1.82, 2.24) is 4.72 Å². The minimum atomic E-state index is -3.49. The second-order valence-corrected chi connectivity index (χ2v) is 6.23. The highest BCUT2D eigenvalue weighted by molar-refractivity contribution is 7.89. The Labute approximate surface area is 101 Å². The number of nitrogens with one attached hydrogen (secondary N) is 1. The average molecular weight is 258 g/mol. The van der Waals surface area contributed by atoms with Gasteiger partial charge in [-0.2, -0.15) is 0 Å². The number of aryl methyl sites for hydroxylation is 2. The number of rotatable bonds is 5. The van der Waals surface area contributed by atoms with Crippen LogP contribution in [0, 0.1) is 19.8 Å². The number of nitrogens with two attached hydrogens (primary N) is 1. The first kappa shape index (κ1) is 12.6. The van der Waals surface area contributed by atoms with Crippen molar-refractivity contribution in [2.24, 2.45) is 11.7 Å². The largest absolute Gasteiger partial charge is 0.465 e. The molecule has 0 aliphatic heterocycles. The first-order chi connectivity index (χ1) is 7.95. The molecule has 0 radical (unpaired) electrons. The van der Waals surface area contributed by atoms with E-state index < -0.39 is 10.0 Å². The van der Waals surface area contributed by atoms with E-state index in [0.29, 0.717) is 29.5 Å². The molecular formula is C11H18N2O3S. The fraction of sp³-hybridized carbons (Fsp3) is 0.636. The third-order valence-electron chi connectivity index (χ3n) is 3.06. The first-order valence-electron chi connectivity index (χ1n) is 5.74. The van der Waals surface area contributed by atoms with Crippen molar-refractivity contribution in [2.45, 2.75) is 38.1 Å².